The van der Waals surface area contributed by atoms with Crippen LogP contribution in [0.4, 0.5) is 5.82 Å². The molecule has 0 amide bonds. The van der Waals surface area contributed by atoms with E-state index >= 15 is 0 Å². The van der Waals surface area contributed by atoms with Gasteiger partial charge < -0.3 is 10.0 Å². The molecule has 64 valence electrons. The Hall–Kier alpha value is -1.16. The number of aliphatic hydroxyl groups is 1. The zero-order valence-electron chi connectivity index (χ0n) is 6.72. The summed E-state index contributed by atoms with van der Waals surface area (Å²) < 4.78 is 0. The zero-order chi connectivity index (χ0) is 8.39. The smallest absolute Gasteiger partial charge is 0.151 e. The zero-order valence-corrected chi connectivity index (χ0v) is 6.72. The summed E-state index contributed by atoms with van der Waals surface area (Å²) in [5.74, 6) is 1.33. The summed E-state index contributed by atoms with van der Waals surface area (Å²) in [5, 5.41) is 16.5. The van der Waals surface area contributed by atoms with Crippen molar-refractivity contribution in [3.05, 3.63) is 18.3 Å². The van der Waals surface area contributed by atoms with E-state index in [-0.39, 0.29) is 6.61 Å². The van der Waals surface area contributed by atoms with Crippen molar-refractivity contribution in [2.45, 2.75) is 0 Å². The van der Waals surface area contributed by atoms with Crippen LogP contribution in [0.3, 0.4) is 0 Å². The molecular weight excluding hydrogens is 154 g/mol. The summed E-state index contributed by atoms with van der Waals surface area (Å²) in [5.41, 5.74) is 0. The van der Waals surface area contributed by atoms with E-state index in [4.69, 9.17) is 5.11 Å². The Morgan fingerprint density at radius 2 is 2.42 bits per heavy atom. The van der Waals surface area contributed by atoms with E-state index in [0.717, 1.165) is 18.9 Å². The number of aromatic nitrogens is 2. The molecule has 0 unspecified atom stereocenters. The molecule has 1 fully saturated rings. The highest BCUT2D eigenvalue weighted by atomic mass is 16.3. The molecule has 2 heterocycles. The van der Waals surface area contributed by atoms with Gasteiger partial charge in [-0.25, -0.2) is 0 Å². The Kier molecular flexibility index (Phi) is 1.91. The minimum absolute atomic E-state index is 0.275. The molecular formula is C8H11N3O. The van der Waals surface area contributed by atoms with E-state index in [1.54, 1.807) is 6.20 Å². The van der Waals surface area contributed by atoms with Crippen LogP contribution < -0.4 is 4.90 Å². The number of rotatable bonds is 2. The first-order chi connectivity index (χ1) is 5.90. The van der Waals surface area contributed by atoms with Gasteiger partial charge in [0.15, 0.2) is 5.82 Å². The minimum atomic E-state index is 0.275. The Balaban J connectivity index is 1.97. The lowest BCUT2D eigenvalue weighted by atomic mass is 10.0. The summed E-state index contributed by atoms with van der Waals surface area (Å²) in [6, 6.07) is 3.80. The van der Waals surface area contributed by atoms with Crippen LogP contribution in [0.1, 0.15) is 0 Å². The van der Waals surface area contributed by atoms with E-state index < -0.39 is 0 Å². The van der Waals surface area contributed by atoms with Crippen molar-refractivity contribution in [2.75, 3.05) is 24.6 Å². The summed E-state index contributed by atoms with van der Waals surface area (Å²) >= 11 is 0. The Bertz CT molecular complexity index is 246. The maximum atomic E-state index is 8.79. The van der Waals surface area contributed by atoms with Gasteiger partial charge in [0.25, 0.3) is 0 Å². The molecule has 2 rings (SSSR count). The summed E-state index contributed by atoms with van der Waals surface area (Å²) in [6.07, 6.45) is 1.66. The molecule has 4 nitrogen and oxygen atoms in total. The van der Waals surface area contributed by atoms with Crippen LogP contribution >= 0.6 is 0 Å². The highest BCUT2D eigenvalue weighted by Gasteiger charge is 2.26. The molecule has 0 saturated carbocycles. The van der Waals surface area contributed by atoms with Crippen LogP contribution in [0, 0.1) is 5.92 Å². The van der Waals surface area contributed by atoms with Crippen molar-refractivity contribution in [1.29, 1.82) is 0 Å². The first-order valence-corrected chi connectivity index (χ1v) is 4.03. The fourth-order valence-electron chi connectivity index (χ4n) is 1.33. The second-order valence-corrected chi connectivity index (χ2v) is 3.04. The summed E-state index contributed by atoms with van der Waals surface area (Å²) in [4.78, 5) is 2.11. The van der Waals surface area contributed by atoms with Gasteiger partial charge in [-0.15, -0.1) is 5.10 Å². The summed E-state index contributed by atoms with van der Waals surface area (Å²) in [6.45, 7) is 2.07. The topological polar surface area (TPSA) is 49.2 Å². The highest BCUT2D eigenvalue weighted by molar-refractivity contribution is 5.39. The van der Waals surface area contributed by atoms with Gasteiger partial charge in [-0.3, -0.25) is 0 Å². The largest absolute Gasteiger partial charge is 0.396 e. The monoisotopic (exact) mass is 165 g/mol. The number of nitrogens with zero attached hydrogens (tertiary/aromatic N) is 3. The van der Waals surface area contributed by atoms with Gasteiger partial charge in [-0.05, 0) is 12.1 Å². The number of anilines is 1. The number of hydrogen-bond acceptors (Lipinski definition) is 4. The van der Waals surface area contributed by atoms with E-state index in [2.05, 4.69) is 15.1 Å². The SMILES string of the molecule is OCC1CN(c2cccnn2)C1. The molecule has 0 atom stereocenters. The first-order valence-electron chi connectivity index (χ1n) is 4.03. The maximum Gasteiger partial charge on any atom is 0.151 e. The van der Waals surface area contributed by atoms with Gasteiger partial charge in [-0.1, -0.05) is 0 Å². The minimum Gasteiger partial charge on any atom is -0.396 e. The maximum absolute atomic E-state index is 8.79. The van der Waals surface area contributed by atoms with Crippen LogP contribution in [0.15, 0.2) is 18.3 Å². The molecule has 1 aromatic rings. The average Bonchev–Trinajstić information content (AvgIpc) is 2.04. The molecule has 1 aliphatic heterocycles. The molecule has 0 aliphatic carbocycles. The lowest BCUT2D eigenvalue weighted by Crippen LogP contribution is -2.48. The van der Waals surface area contributed by atoms with Crippen LogP contribution in [-0.4, -0.2) is 35.0 Å². The molecule has 1 aliphatic rings. The van der Waals surface area contributed by atoms with Crippen LogP contribution in [0.2, 0.25) is 0 Å². The third-order valence-corrected chi connectivity index (χ3v) is 2.10. The van der Waals surface area contributed by atoms with Gasteiger partial charge in [-0.2, -0.15) is 5.10 Å². The van der Waals surface area contributed by atoms with Gasteiger partial charge in [0.05, 0.1) is 0 Å². The van der Waals surface area contributed by atoms with Crippen LogP contribution in [0.25, 0.3) is 0 Å². The fraction of sp³-hybridized carbons (Fsp3) is 0.500. The molecule has 0 aromatic carbocycles. The number of aliphatic hydroxyl groups excluding tert-OH is 1. The van der Waals surface area contributed by atoms with Crippen molar-refractivity contribution in [1.82, 2.24) is 10.2 Å². The van der Waals surface area contributed by atoms with Gasteiger partial charge in [0.2, 0.25) is 0 Å². The van der Waals surface area contributed by atoms with Crippen molar-refractivity contribution >= 4 is 5.82 Å². The van der Waals surface area contributed by atoms with Crippen molar-refractivity contribution in [3.8, 4) is 0 Å². The number of hydrogen-bond donors (Lipinski definition) is 1. The van der Waals surface area contributed by atoms with Gasteiger partial charge in [0, 0.05) is 31.8 Å². The predicted octanol–water partition coefficient (Wildman–Crippen LogP) is -0.0949. The highest BCUT2D eigenvalue weighted by Crippen LogP contribution is 2.20. The Morgan fingerprint density at radius 3 is 3.00 bits per heavy atom. The van der Waals surface area contributed by atoms with Gasteiger partial charge in [0.1, 0.15) is 0 Å². The second-order valence-electron chi connectivity index (χ2n) is 3.04. The molecule has 4 heteroatoms. The molecule has 0 spiro atoms. The fourth-order valence-corrected chi connectivity index (χ4v) is 1.33. The van der Waals surface area contributed by atoms with Crippen LogP contribution in [0.5, 0.6) is 0 Å². The molecule has 1 N–H and O–H groups in total. The second kappa shape index (κ2) is 3.06. The van der Waals surface area contributed by atoms with Gasteiger partial charge >= 0.3 is 0 Å². The predicted molar refractivity (Wildman–Crippen MR) is 44.8 cm³/mol. The van der Waals surface area contributed by atoms with E-state index in [1.165, 1.54) is 0 Å². The van der Waals surface area contributed by atoms with Crippen molar-refractivity contribution in [3.63, 3.8) is 0 Å². The van der Waals surface area contributed by atoms with Crippen LogP contribution in [-0.2, 0) is 0 Å². The first kappa shape index (κ1) is 7.49. The molecule has 0 bridgehead atoms. The normalized spacial score (nSPS) is 17.6. The Morgan fingerprint density at radius 1 is 1.58 bits per heavy atom. The summed E-state index contributed by atoms with van der Waals surface area (Å²) in [7, 11) is 0. The lowest BCUT2D eigenvalue weighted by molar-refractivity contribution is 0.200. The third-order valence-electron chi connectivity index (χ3n) is 2.10. The van der Waals surface area contributed by atoms with Crippen molar-refractivity contribution in [2.24, 2.45) is 5.92 Å². The van der Waals surface area contributed by atoms with E-state index in [0.29, 0.717) is 5.92 Å². The molecule has 12 heavy (non-hydrogen) atoms. The Labute approximate surface area is 70.8 Å². The molecule has 1 aromatic heterocycles. The van der Waals surface area contributed by atoms with E-state index in [9.17, 15) is 0 Å². The van der Waals surface area contributed by atoms with Crippen molar-refractivity contribution < 1.29 is 5.11 Å². The average molecular weight is 165 g/mol. The lowest BCUT2D eigenvalue weighted by Gasteiger charge is -2.38. The molecule has 0 radical (unpaired) electrons. The quantitative estimate of drug-likeness (QED) is 0.665. The third kappa shape index (κ3) is 1.25. The van der Waals surface area contributed by atoms with E-state index in [1.807, 2.05) is 12.1 Å². The molecule has 1 saturated heterocycles. The standard InChI is InChI=1S/C8H11N3O/c12-6-7-4-11(5-7)8-2-1-3-9-10-8/h1-3,7,12H,4-6H2.